The Hall–Kier alpha value is -3.09. The van der Waals surface area contributed by atoms with Gasteiger partial charge in [-0.15, -0.1) is 0 Å². The number of halogens is 2. The molecule has 202 valence electrons. The fourth-order valence-electron chi connectivity index (χ4n) is 4.77. The number of aromatic amines is 1. The monoisotopic (exact) mass is 567 g/mol. The van der Waals surface area contributed by atoms with E-state index in [1.54, 1.807) is 4.57 Å². The number of hydrogen-bond acceptors (Lipinski definition) is 10. The summed E-state index contributed by atoms with van der Waals surface area (Å²) in [6, 6.07) is 3.51. The molecule has 5 atom stereocenters. The number of carbonyl (C=O) groups excluding carboxylic acids is 1. The van der Waals surface area contributed by atoms with Crippen LogP contribution in [0.2, 0.25) is 5.02 Å². The summed E-state index contributed by atoms with van der Waals surface area (Å²) in [5.74, 6) is -1.80. The summed E-state index contributed by atoms with van der Waals surface area (Å²) in [6.07, 6.45) is 0.315. The third kappa shape index (κ3) is 5.12. The molecule has 2 aromatic heterocycles. The molecule has 0 spiro atoms. The minimum Gasteiger partial charge on any atom is -0.462 e. The van der Waals surface area contributed by atoms with Crippen LogP contribution >= 0.6 is 19.4 Å². The van der Waals surface area contributed by atoms with E-state index in [0.29, 0.717) is 10.6 Å². The van der Waals surface area contributed by atoms with Gasteiger partial charge in [-0.05, 0) is 23.8 Å². The number of imidazole rings is 1. The van der Waals surface area contributed by atoms with Crippen LogP contribution in [0.15, 0.2) is 41.5 Å². The van der Waals surface area contributed by atoms with E-state index in [1.165, 1.54) is 31.5 Å². The van der Waals surface area contributed by atoms with E-state index >= 15 is 0 Å². The number of phosphoric acid groups is 1. The van der Waals surface area contributed by atoms with Gasteiger partial charge in [0.15, 0.2) is 11.2 Å². The Bertz CT molecular complexity index is 1530. The molecule has 1 aliphatic heterocycles. The Morgan fingerprint density at radius 2 is 2.24 bits per heavy atom. The van der Waals surface area contributed by atoms with Crippen LogP contribution in [0, 0.1) is 11.7 Å². The van der Waals surface area contributed by atoms with Gasteiger partial charge >= 0.3 is 13.8 Å². The second-order valence-electron chi connectivity index (χ2n) is 8.98. The number of nitrogens with two attached hydrogens (primary N) is 1. The number of benzene rings is 1. The number of fused-ring (bicyclic) bond motifs is 1. The summed E-state index contributed by atoms with van der Waals surface area (Å²) >= 11 is 6.00. The van der Waals surface area contributed by atoms with Gasteiger partial charge < -0.3 is 15.0 Å². The summed E-state index contributed by atoms with van der Waals surface area (Å²) < 4.78 is 51.4. The Labute approximate surface area is 220 Å². The molecule has 1 saturated heterocycles. The number of hydrogen-bond donors (Lipinski definition) is 2. The van der Waals surface area contributed by atoms with Gasteiger partial charge in [-0.25, -0.2) is 13.9 Å². The number of nitrogens with one attached hydrogen (secondary N) is 1. The highest BCUT2D eigenvalue weighted by atomic mass is 35.5. The summed E-state index contributed by atoms with van der Waals surface area (Å²) in [5.41, 5.74) is 6.23. The van der Waals surface area contributed by atoms with Crippen LogP contribution in [0.5, 0.6) is 0 Å². The van der Waals surface area contributed by atoms with E-state index in [2.05, 4.69) is 21.5 Å². The maximum atomic E-state index is 14.4. The van der Waals surface area contributed by atoms with Crippen molar-refractivity contribution in [1.82, 2.24) is 19.5 Å². The normalized spacial score (nSPS) is 27.6. The number of nitrogens with zero attached hydrogens (tertiary/aromatic N) is 3. The molecule has 5 rings (SSSR count). The maximum absolute atomic E-state index is 14.4. The average Bonchev–Trinajstić information content (AvgIpc) is 3.39. The van der Waals surface area contributed by atoms with E-state index in [9.17, 15) is 18.5 Å². The van der Waals surface area contributed by atoms with Gasteiger partial charge in [0.2, 0.25) is 5.95 Å². The first kappa shape index (κ1) is 26.5. The molecular formula is C23H24ClFN5O7P. The largest absolute Gasteiger partial charge is 0.475 e. The number of H-pyrrole nitrogens is 1. The van der Waals surface area contributed by atoms with Crippen molar-refractivity contribution in [3.8, 4) is 0 Å². The molecule has 15 heteroatoms. The molecule has 2 aliphatic rings. The number of phosphoric ester groups is 1. The molecule has 3 aromatic rings. The highest BCUT2D eigenvalue weighted by Gasteiger charge is 2.44. The topological polar surface area (TPSA) is 161 Å². The van der Waals surface area contributed by atoms with Gasteiger partial charge in [0.1, 0.15) is 11.9 Å². The number of nitrogen functional groups attached to an aromatic ring is 1. The van der Waals surface area contributed by atoms with Crippen LogP contribution in [-0.2, 0) is 27.7 Å². The minimum absolute atomic E-state index is 0.00181. The molecule has 0 radical (unpaired) electrons. The number of aromatic nitrogens is 4. The van der Waals surface area contributed by atoms with Crippen LogP contribution in [0.3, 0.4) is 0 Å². The Morgan fingerprint density at radius 1 is 1.45 bits per heavy atom. The Balaban J connectivity index is 1.37. The molecular weight excluding hydrogens is 544 g/mol. The number of ether oxygens (including phenoxy) is 1. The molecule has 0 bridgehead atoms. The van der Waals surface area contributed by atoms with Crippen LogP contribution in [0.25, 0.3) is 11.2 Å². The summed E-state index contributed by atoms with van der Waals surface area (Å²) in [6.45, 7) is 5.18. The van der Waals surface area contributed by atoms with E-state index in [0.717, 1.165) is 0 Å². The smallest absolute Gasteiger partial charge is 0.462 e. The molecule has 38 heavy (non-hydrogen) atoms. The lowest BCUT2D eigenvalue weighted by Gasteiger charge is -2.30. The van der Waals surface area contributed by atoms with Gasteiger partial charge in [0, 0.05) is 36.3 Å². The standard InChI is InChI=1S/C23H24ClFN5O7P/c1-11-15(9-35-38(33)34-6-5-18(37-38)14-7-13(24)3-4-16(14)25)19(36-12(2)31)8-17(11)30-10-27-20-21(30)28-23(26)29-22(20)32/h3-4,7,10,15,17-19H,1,5-6,8-9H2,2H3,(H3,26,28,29,32)/t15-,17-,18+,19-,38-/m0/s1. The summed E-state index contributed by atoms with van der Waals surface area (Å²) in [7, 11) is -4.13. The van der Waals surface area contributed by atoms with Crippen molar-refractivity contribution in [3.05, 3.63) is 63.4 Å². The Morgan fingerprint density at radius 3 is 3.00 bits per heavy atom. The average molecular weight is 568 g/mol. The molecule has 3 heterocycles. The lowest BCUT2D eigenvalue weighted by Crippen LogP contribution is -2.26. The minimum atomic E-state index is -4.13. The van der Waals surface area contributed by atoms with Crippen molar-refractivity contribution in [2.24, 2.45) is 5.92 Å². The number of anilines is 1. The molecule has 3 N–H and O–H groups in total. The van der Waals surface area contributed by atoms with Gasteiger partial charge in [0.05, 0.1) is 31.7 Å². The molecule has 1 aliphatic carbocycles. The number of carbonyl (C=O) groups is 1. The van der Waals surface area contributed by atoms with E-state index < -0.39 is 49.3 Å². The van der Waals surface area contributed by atoms with Crippen molar-refractivity contribution in [2.75, 3.05) is 18.9 Å². The van der Waals surface area contributed by atoms with Crippen LogP contribution < -0.4 is 11.3 Å². The second kappa shape index (κ2) is 10.2. The molecule has 2 fully saturated rings. The third-order valence-electron chi connectivity index (χ3n) is 6.52. The first-order valence-electron chi connectivity index (χ1n) is 11.7. The molecule has 1 saturated carbocycles. The van der Waals surface area contributed by atoms with Gasteiger partial charge in [-0.3, -0.25) is 28.1 Å². The predicted octanol–water partition coefficient (Wildman–Crippen LogP) is 3.85. The van der Waals surface area contributed by atoms with Crippen molar-refractivity contribution in [3.63, 3.8) is 0 Å². The zero-order chi connectivity index (χ0) is 27.2. The fraction of sp³-hybridized carbons (Fsp3) is 0.391. The van der Waals surface area contributed by atoms with E-state index in [1.807, 2.05) is 0 Å². The van der Waals surface area contributed by atoms with Crippen LogP contribution in [0.4, 0.5) is 10.3 Å². The zero-order valence-electron chi connectivity index (χ0n) is 20.1. The Kier molecular flexibility index (Phi) is 7.14. The third-order valence-corrected chi connectivity index (χ3v) is 8.23. The van der Waals surface area contributed by atoms with Gasteiger partial charge in [-0.2, -0.15) is 4.98 Å². The quantitative estimate of drug-likeness (QED) is 0.254. The fourth-order valence-corrected chi connectivity index (χ4v) is 6.35. The van der Waals surface area contributed by atoms with Crippen LogP contribution in [0.1, 0.15) is 37.5 Å². The van der Waals surface area contributed by atoms with Crippen molar-refractivity contribution in [1.29, 1.82) is 0 Å². The lowest BCUT2D eigenvalue weighted by atomic mass is 10.0. The first-order valence-corrected chi connectivity index (χ1v) is 13.5. The number of esters is 1. The molecule has 0 unspecified atom stereocenters. The van der Waals surface area contributed by atoms with Crippen LogP contribution in [-0.4, -0.2) is 44.8 Å². The van der Waals surface area contributed by atoms with E-state index in [4.69, 9.17) is 35.6 Å². The first-order chi connectivity index (χ1) is 18.0. The molecule has 12 nitrogen and oxygen atoms in total. The lowest BCUT2D eigenvalue weighted by molar-refractivity contribution is -0.148. The second-order valence-corrected chi connectivity index (χ2v) is 11.0. The summed E-state index contributed by atoms with van der Waals surface area (Å²) in [5, 5.41) is 0.301. The van der Waals surface area contributed by atoms with Crippen molar-refractivity contribution < 1.29 is 32.1 Å². The SMILES string of the molecule is C=C1[C@H](CO[P@]2(=O)OCC[C@H](c3cc(Cl)ccc3F)O2)[C@@H](OC(C)=O)C[C@@H]1n1cnc2c(=O)[nH]c(N)nc21. The van der Waals surface area contributed by atoms with Crippen molar-refractivity contribution in [2.45, 2.75) is 38.0 Å². The van der Waals surface area contributed by atoms with Gasteiger partial charge in [-0.1, -0.05) is 18.2 Å². The van der Waals surface area contributed by atoms with Crippen molar-refractivity contribution >= 4 is 42.5 Å². The molecule has 1 aromatic carbocycles. The zero-order valence-corrected chi connectivity index (χ0v) is 21.8. The summed E-state index contributed by atoms with van der Waals surface area (Å²) in [4.78, 5) is 34.8. The molecule has 0 amide bonds. The predicted molar refractivity (Wildman–Crippen MR) is 134 cm³/mol. The highest BCUT2D eigenvalue weighted by molar-refractivity contribution is 7.48. The number of rotatable bonds is 6. The van der Waals surface area contributed by atoms with E-state index in [-0.39, 0.29) is 48.7 Å². The van der Waals surface area contributed by atoms with Gasteiger partial charge in [0.25, 0.3) is 5.56 Å². The highest BCUT2D eigenvalue weighted by Crippen LogP contribution is 2.58. The maximum Gasteiger partial charge on any atom is 0.475 e.